The Hall–Kier alpha value is -2.96. The molecule has 0 fully saturated rings. The quantitative estimate of drug-likeness (QED) is 0.244. The molecule has 0 atom stereocenters. The summed E-state index contributed by atoms with van der Waals surface area (Å²) in [6, 6.07) is 25.3. The summed E-state index contributed by atoms with van der Waals surface area (Å²) in [5.41, 5.74) is 1.96. The van der Waals surface area contributed by atoms with Gasteiger partial charge < -0.3 is 19.7 Å². The van der Waals surface area contributed by atoms with E-state index in [1.54, 1.807) is 48.5 Å². The number of ether oxygens (including phenoxy) is 2. The maximum Gasteiger partial charge on any atom is 0.141 e. The first-order chi connectivity index (χ1) is 15.7. The van der Waals surface area contributed by atoms with Crippen LogP contribution >= 0.6 is 31.9 Å². The van der Waals surface area contributed by atoms with Crippen molar-refractivity contribution in [2.24, 2.45) is 0 Å². The Morgan fingerprint density at radius 3 is 1.27 bits per heavy atom. The molecule has 33 heavy (non-hydrogen) atoms. The lowest BCUT2D eigenvalue weighted by Crippen LogP contribution is -2.19. The molecule has 0 unspecified atom stereocenters. The minimum atomic E-state index is -0.279. The molecule has 168 valence electrons. The van der Waals surface area contributed by atoms with Crippen molar-refractivity contribution in [3.05, 3.63) is 105 Å². The van der Waals surface area contributed by atoms with Crippen LogP contribution in [0.2, 0.25) is 0 Å². The van der Waals surface area contributed by atoms with E-state index in [1.165, 1.54) is 0 Å². The van der Waals surface area contributed by atoms with E-state index < -0.39 is 0 Å². The monoisotopic (exact) mass is 568 g/mol. The Morgan fingerprint density at radius 2 is 0.939 bits per heavy atom. The van der Waals surface area contributed by atoms with Crippen molar-refractivity contribution >= 4 is 31.9 Å². The lowest BCUT2D eigenvalue weighted by molar-refractivity contribution is 0.462. The number of aromatic hydroxyl groups is 2. The number of halogens is 2. The van der Waals surface area contributed by atoms with Crippen LogP contribution in [0.4, 0.5) is 0 Å². The third-order valence-corrected chi connectivity index (χ3v) is 6.68. The van der Waals surface area contributed by atoms with E-state index in [1.807, 2.05) is 12.1 Å². The van der Waals surface area contributed by atoms with Crippen molar-refractivity contribution in [2.45, 2.75) is 19.3 Å². The molecule has 4 nitrogen and oxygen atoms in total. The molecule has 0 aliphatic carbocycles. The van der Waals surface area contributed by atoms with Crippen LogP contribution in [0.1, 0.15) is 25.0 Å². The normalized spacial score (nSPS) is 11.3. The van der Waals surface area contributed by atoms with Crippen molar-refractivity contribution in [2.75, 3.05) is 0 Å². The second-order valence-corrected chi connectivity index (χ2v) is 9.82. The van der Waals surface area contributed by atoms with E-state index in [9.17, 15) is 10.2 Å². The maximum atomic E-state index is 9.45. The zero-order chi connectivity index (χ0) is 23.6. The summed E-state index contributed by atoms with van der Waals surface area (Å²) in [6.45, 7) is 4.33. The minimum absolute atomic E-state index is 0.198. The van der Waals surface area contributed by atoms with E-state index in [4.69, 9.17) is 9.47 Å². The van der Waals surface area contributed by atoms with Gasteiger partial charge in [-0.15, -0.1) is 0 Å². The molecule has 4 aromatic carbocycles. The molecule has 0 radical (unpaired) electrons. The summed E-state index contributed by atoms with van der Waals surface area (Å²) >= 11 is 7.26. The second kappa shape index (κ2) is 9.49. The lowest BCUT2D eigenvalue weighted by Gasteiger charge is -2.27. The van der Waals surface area contributed by atoms with Gasteiger partial charge in [0.05, 0.1) is 8.95 Å². The Bertz CT molecular complexity index is 1170. The summed E-state index contributed by atoms with van der Waals surface area (Å²) in [7, 11) is 0. The summed E-state index contributed by atoms with van der Waals surface area (Å²) < 4.78 is 13.6. The van der Waals surface area contributed by atoms with Crippen molar-refractivity contribution in [3.63, 3.8) is 0 Å². The fourth-order valence-electron chi connectivity index (χ4n) is 3.39. The van der Waals surface area contributed by atoms with Gasteiger partial charge in [-0.1, -0.05) is 26.0 Å². The average Bonchev–Trinajstić information content (AvgIpc) is 2.79. The SMILES string of the molecule is CC(C)(c1ccc(Oc2ccc(O)cc2)c(Br)c1)c1ccc(Oc2ccc(O)cc2)c(Br)c1. The van der Waals surface area contributed by atoms with Gasteiger partial charge in [0, 0.05) is 5.41 Å². The van der Waals surface area contributed by atoms with E-state index >= 15 is 0 Å². The topological polar surface area (TPSA) is 58.9 Å². The number of hydrogen-bond acceptors (Lipinski definition) is 4. The highest BCUT2D eigenvalue weighted by atomic mass is 79.9. The molecule has 0 bridgehead atoms. The molecule has 0 aliphatic heterocycles. The molecule has 2 N–H and O–H groups in total. The maximum absolute atomic E-state index is 9.45. The standard InChI is InChI=1S/C27H22Br2O4/c1-27(2,17-3-13-25(23(28)15-17)32-21-9-5-19(30)6-10-21)18-4-14-26(24(29)16-18)33-22-11-7-20(31)8-12-22/h3-16,30-31H,1-2H3. The predicted octanol–water partition coefficient (Wildman–Crippen LogP) is 8.53. The zero-order valence-electron chi connectivity index (χ0n) is 18.0. The third kappa shape index (κ3) is 5.34. The highest BCUT2D eigenvalue weighted by molar-refractivity contribution is 9.10. The van der Waals surface area contributed by atoms with E-state index in [2.05, 4.69) is 70.0 Å². The van der Waals surface area contributed by atoms with Crippen LogP contribution in [-0.4, -0.2) is 10.2 Å². The van der Waals surface area contributed by atoms with Crippen LogP contribution in [0.25, 0.3) is 0 Å². The number of rotatable bonds is 6. The van der Waals surface area contributed by atoms with Crippen LogP contribution in [0.15, 0.2) is 93.9 Å². The van der Waals surface area contributed by atoms with Crippen molar-refractivity contribution < 1.29 is 19.7 Å². The Kier molecular flexibility index (Phi) is 6.68. The fourth-order valence-corrected chi connectivity index (χ4v) is 4.31. The summed E-state index contributed by atoms with van der Waals surface area (Å²) in [4.78, 5) is 0. The van der Waals surface area contributed by atoms with Gasteiger partial charge in [-0.05, 0) is 116 Å². The third-order valence-electron chi connectivity index (χ3n) is 5.44. The molecule has 6 heteroatoms. The van der Waals surface area contributed by atoms with Gasteiger partial charge in [0.15, 0.2) is 0 Å². The molecular formula is C27H22Br2O4. The Morgan fingerprint density at radius 1 is 0.576 bits per heavy atom. The molecular weight excluding hydrogens is 548 g/mol. The van der Waals surface area contributed by atoms with Gasteiger partial charge in [-0.25, -0.2) is 0 Å². The molecule has 4 aromatic rings. The van der Waals surface area contributed by atoms with Gasteiger partial charge in [0.2, 0.25) is 0 Å². The second-order valence-electron chi connectivity index (χ2n) is 8.11. The summed E-state index contributed by atoms with van der Waals surface area (Å²) in [6.07, 6.45) is 0. The smallest absolute Gasteiger partial charge is 0.141 e. The van der Waals surface area contributed by atoms with Crippen molar-refractivity contribution in [3.8, 4) is 34.5 Å². The van der Waals surface area contributed by atoms with Gasteiger partial charge in [0.25, 0.3) is 0 Å². The summed E-state index contributed by atoms with van der Waals surface area (Å²) in [5.74, 6) is 3.08. The van der Waals surface area contributed by atoms with E-state index in [0.717, 1.165) is 20.1 Å². The van der Waals surface area contributed by atoms with Crippen LogP contribution < -0.4 is 9.47 Å². The number of hydrogen-bond donors (Lipinski definition) is 2. The Labute approximate surface area is 209 Å². The van der Waals surface area contributed by atoms with E-state index in [-0.39, 0.29) is 16.9 Å². The molecule has 0 spiro atoms. The highest BCUT2D eigenvalue weighted by Crippen LogP contribution is 2.40. The minimum Gasteiger partial charge on any atom is -0.508 e. The van der Waals surface area contributed by atoms with Gasteiger partial charge in [-0.3, -0.25) is 0 Å². The van der Waals surface area contributed by atoms with E-state index in [0.29, 0.717) is 23.0 Å². The van der Waals surface area contributed by atoms with Crippen molar-refractivity contribution in [1.82, 2.24) is 0 Å². The highest BCUT2D eigenvalue weighted by Gasteiger charge is 2.25. The largest absolute Gasteiger partial charge is 0.508 e. The van der Waals surface area contributed by atoms with Gasteiger partial charge in [-0.2, -0.15) is 0 Å². The lowest BCUT2D eigenvalue weighted by atomic mass is 9.78. The Balaban J connectivity index is 1.55. The van der Waals surface area contributed by atoms with Crippen LogP contribution in [0, 0.1) is 0 Å². The predicted molar refractivity (Wildman–Crippen MR) is 137 cm³/mol. The fraction of sp³-hybridized carbons (Fsp3) is 0.111. The molecule has 0 saturated heterocycles. The molecule has 0 aliphatic rings. The number of phenols is 2. The van der Waals surface area contributed by atoms with Crippen molar-refractivity contribution in [1.29, 1.82) is 0 Å². The number of phenolic OH excluding ortho intramolecular Hbond substituents is 2. The average molecular weight is 570 g/mol. The van der Waals surface area contributed by atoms with Crippen LogP contribution in [-0.2, 0) is 5.41 Å². The number of benzene rings is 4. The molecule has 4 rings (SSSR count). The van der Waals surface area contributed by atoms with Gasteiger partial charge in [0.1, 0.15) is 34.5 Å². The van der Waals surface area contributed by atoms with Gasteiger partial charge >= 0.3 is 0 Å². The summed E-state index contributed by atoms with van der Waals surface area (Å²) in [5, 5.41) is 18.9. The molecule has 0 saturated carbocycles. The zero-order valence-corrected chi connectivity index (χ0v) is 21.2. The first-order valence-electron chi connectivity index (χ1n) is 10.3. The molecule has 0 amide bonds. The van der Waals surface area contributed by atoms with Crippen LogP contribution in [0.5, 0.6) is 34.5 Å². The van der Waals surface area contributed by atoms with Crippen LogP contribution in [0.3, 0.4) is 0 Å². The molecule has 0 aromatic heterocycles. The first kappa shape index (κ1) is 23.2. The first-order valence-corrected chi connectivity index (χ1v) is 11.8. The molecule has 0 heterocycles.